The third-order valence-electron chi connectivity index (χ3n) is 6.16. The Balaban J connectivity index is 1.25. The molecular formula is C24H35FN2O3. The van der Waals surface area contributed by atoms with E-state index in [2.05, 4.69) is 17.6 Å². The molecule has 1 saturated heterocycles. The van der Waals surface area contributed by atoms with Gasteiger partial charge >= 0.3 is 0 Å². The first kappa shape index (κ1) is 22.7. The second-order valence-electron chi connectivity index (χ2n) is 8.82. The van der Waals surface area contributed by atoms with Crippen molar-refractivity contribution in [1.29, 1.82) is 0 Å². The van der Waals surface area contributed by atoms with Crippen LogP contribution in [0.5, 0.6) is 5.75 Å². The number of halogens is 1. The van der Waals surface area contributed by atoms with Gasteiger partial charge in [-0.1, -0.05) is 31.7 Å². The van der Waals surface area contributed by atoms with Gasteiger partial charge in [-0.15, -0.1) is 0 Å². The van der Waals surface area contributed by atoms with Gasteiger partial charge in [-0.05, 0) is 69.2 Å². The molecule has 1 unspecified atom stereocenters. The van der Waals surface area contributed by atoms with Crippen LogP contribution in [0.3, 0.4) is 0 Å². The largest absolute Gasteiger partial charge is 0.490 e. The summed E-state index contributed by atoms with van der Waals surface area (Å²) in [6.07, 6.45) is 9.98. The van der Waals surface area contributed by atoms with Crippen molar-refractivity contribution in [2.75, 3.05) is 13.2 Å². The quantitative estimate of drug-likeness (QED) is 0.361. The third kappa shape index (κ3) is 7.38. The zero-order chi connectivity index (χ0) is 21.3. The predicted molar refractivity (Wildman–Crippen MR) is 115 cm³/mol. The molecule has 2 fully saturated rings. The van der Waals surface area contributed by atoms with Crippen LogP contribution < -0.4 is 15.4 Å². The van der Waals surface area contributed by atoms with Gasteiger partial charge in [0.05, 0.1) is 6.61 Å². The Hall–Kier alpha value is -1.95. The van der Waals surface area contributed by atoms with E-state index in [1.165, 1.54) is 18.9 Å². The lowest BCUT2D eigenvalue weighted by molar-refractivity contribution is -0.136. The van der Waals surface area contributed by atoms with E-state index >= 15 is 0 Å². The van der Waals surface area contributed by atoms with Crippen LogP contribution in [0.1, 0.15) is 82.7 Å². The van der Waals surface area contributed by atoms with Gasteiger partial charge in [0.25, 0.3) is 0 Å². The van der Waals surface area contributed by atoms with Crippen LogP contribution >= 0.6 is 0 Å². The first-order valence-corrected chi connectivity index (χ1v) is 11.5. The number of amides is 2. The van der Waals surface area contributed by atoms with Gasteiger partial charge < -0.3 is 10.1 Å². The lowest BCUT2D eigenvalue weighted by Gasteiger charge is -2.20. The predicted octanol–water partition coefficient (Wildman–Crippen LogP) is 4.66. The van der Waals surface area contributed by atoms with Gasteiger partial charge in [0.1, 0.15) is 0 Å². The van der Waals surface area contributed by atoms with E-state index < -0.39 is 0 Å². The summed E-state index contributed by atoms with van der Waals surface area (Å²) < 4.78 is 19.6. The van der Waals surface area contributed by atoms with Gasteiger partial charge in [-0.2, -0.15) is 0 Å². The van der Waals surface area contributed by atoms with Gasteiger partial charge in [0.15, 0.2) is 11.6 Å². The van der Waals surface area contributed by atoms with Gasteiger partial charge in [-0.3, -0.25) is 14.9 Å². The number of hydrogen-bond acceptors (Lipinski definition) is 4. The number of nitrogens with one attached hydrogen (secondary N) is 2. The molecular weight excluding hydrogens is 383 g/mol. The van der Waals surface area contributed by atoms with Crippen molar-refractivity contribution in [2.24, 2.45) is 11.8 Å². The molecule has 1 aliphatic carbocycles. The van der Waals surface area contributed by atoms with Crippen molar-refractivity contribution in [2.45, 2.75) is 77.2 Å². The maximum absolute atomic E-state index is 13.9. The highest BCUT2D eigenvalue weighted by atomic mass is 19.1. The van der Waals surface area contributed by atoms with Gasteiger partial charge in [-0.25, -0.2) is 4.39 Å². The van der Waals surface area contributed by atoms with Crippen LogP contribution in [0.15, 0.2) is 18.2 Å². The number of rotatable bonds is 13. The molecule has 2 aliphatic rings. The van der Waals surface area contributed by atoms with Gasteiger partial charge in [0, 0.05) is 18.4 Å². The van der Waals surface area contributed by atoms with E-state index in [1.807, 2.05) is 12.1 Å². The molecule has 0 spiro atoms. The summed E-state index contributed by atoms with van der Waals surface area (Å²) in [6, 6.07) is 5.30. The van der Waals surface area contributed by atoms with E-state index in [4.69, 9.17) is 4.74 Å². The molecule has 2 amide bonds. The Kier molecular flexibility index (Phi) is 8.67. The summed E-state index contributed by atoms with van der Waals surface area (Å²) in [4.78, 5) is 22.9. The normalized spacial score (nSPS) is 20.1. The highest BCUT2D eigenvalue weighted by molar-refractivity contribution is 5.98. The van der Waals surface area contributed by atoms with Crippen molar-refractivity contribution < 1.29 is 18.7 Å². The second-order valence-corrected chi connectivity index (χ2v) is 8.82. The van der Waals surface area contributed by atoms with E-state index in [0.29, 0.717) is 31.1 Å². The van der Waals surface area contributed by atoms with Crippen molar-refractivity contribution in [3.8, 4) is 5.75 Å². The van der Waals surface area contributed by atoms with Gasteiger partial charge in [0.2, 0.25) is 11.8 Å². The summed E-state index contributed by atoms with van der Waals surface area (Å²) in [5, 5.41) is 5.94. The van der Waals surface area contributed by atoms with E-state index in [0.717, 1.165) is 50.6 Å². The lowest BCUT2D eigenvalue weighted by atomic mass is 9.92. The fourth-order valence-electron chi connectivity index (χ4n) is 3.89. The lowest BCUT2D eigenvalue weighted by Crippen LogP contribution is -2.40. The molecule has 1 saturated carbocycles. The number of ether oxygens (including phenoxy) is 1. The highest BCUT2D eigenvalue weighted by Gasteiger charge is 2.25. The Morgan fingerprint density at radius 1 is 1.13 bits per heavy atom. The van der Waals surface area contributed by atoms with E-state index in [-0.39, 0.29) is 29.6 Å². The molecule has 166 valence electrons. The first-order chi connectivity index (χ1) is 14.5. The Morgan fingerprint density at radius 3 is 2.67 bits per heavy atom. The van der Waals surface area contributed by atoms with Crippen LogP contribution in [0.4, 0.5) is 4.39 Å². The summed E-state index contributed by atoms with van der Waals surface area (Å²) in [6.45, 7) is 3.63. The fourth-order valence-corrected chi connectivity index (χ4v) is 3.89. The minimum absolute atomic E-state index is 0.0130. The maximum atomic E-state index is 13.9. The summed E-state index contributed by atoms with van der Waals surface area (Å²) in [5.41, 5.74) is 1.05. The van der Waals surface area contributed by atoms with Crippen molar-refractivity contribution in [3.05, 3.63) is 29.6 Å². The second kappa shape index (κ2) is 11.4. The van der Waals surface area contributed by atoms with E-state index in [1.54, 1.807) is 0 Å². The number of benzene rings is 1. The first-order valence-electron chi connectivity index (χ1n) is 11.5. The molecule has 1 heterocycles. The molecule has 3 rings (SSSR count). The molecule has 0 aromatic heterocycles. The number of carbonyl (C=O) groups is 2. The van der Waals surface area contributed by atoms with E-state index in [9.17, 15) is 14.0 Å². The molecule has 2 N–H and O–H groups in total. The number of carbonyl (C=O) groups excluding carboxylic acids is 2. The zero-order valence-corrected chi connectivity index (χ0v) is 18.1. The van der Waals surface area contributed by atoms with Crippen molar-refractivity contribution in [3.63, 3.8) is 0 Å². The van der Waals surface area contributed by atoms with Crippen LogP contribution in [0.2, 0.25) is 0 Å². The molecule has 0 radical (unpaired) electrons. The summed E-state index contributed by atoms with van der Waals surface area (Å²) in [7, 11) is 0. The monoisotopic (exact) mass is 418 g/mol. The van der Waals surface area contributed by atoms with Crippen LogP contribution in [0, 0.1) is 17.7 Å². The number of unbranched alkanes of at least 4 members (excludes halogenated alkanes) is 4. The van der Waals surface area contributed by atoms with Crippen LogP contribution in [-0.2, 0) is 9.59 Å². The van der Waals surface area contributed by atoms with Crippen LogP contribution in [0.25, 0.3) is 0 Å². The number of imide groups is 1. The molecule has 1 aromatic rings. The molecule has 30 heavy (non-hydrogen) atoms. The fraction of sp³-hybridized carbons (Fsp3) is 0.667. The Labute approximate surface area is 179 Å². The molecule has 1 aliphatic heterocycles. The van der Waals surface area contributed by atoms with Crippen molar-refractivity contribution in [1.82, 2.24) is 10.6 Å². The molecule has 1 aromatic carbocycles. The smallest absolute Gasteiger partial charge is 0.229 e. The standard InChI is InChI=1S/C24H35FN2O3/c1-17(20-10-12-21(25)22(15-20)30-16-18-8-9-18)26-14-6-4-2-3-5-7-19-11-13-23(28)27-24(19)29/h10,12,15,17-19,26H,2-9,11,13-14,16H2,1H3,(H,27,28,29)/t17-,19?/m1/s1. The zero-order valence-electron chi connectivity index (χ0n) is 18.1. The molecule has 6 heteroatoms. The minimum Gasteiger partial charge on any atom is -0.490 e. The van der Waals surface area contributed by atoms with Crippen LogP contribution in [-0.4, -0.2) is 25.0 Å². The molecule has 2 atom stereocenters. The Morgan fingerprint density at radius 2 is 1.90 bits per heavy atom. The highest BCUT2D eigenvalue weighted by Crippen LogP contribution is 2.31. The SMILES string of the molecule is C[C@@H](NCCCCCCCC1CCC(=O)NC1=O)c1ccc(F)c(OCC2CC2)c1. The minimum atomic E-state index is -0.288. The van der Waals surface area contributed by atoms with Crippen molar-refractivity contribution >= 4 is 11.8 Å². The molecule has 5 nitrogen and oxygen atoms in total. The summed E-state index contributed by atoms with van der Waals surface area (Å²) in [5.74, 6) is 0.464. The average molecular weight is 419 g/mol. The molecule has 0 bridgehead atoms. The average Bonchev–Trinajstić information content (AvgIpc) is 3.55. The Bertz CT molecular complexity index is 720. The third-order valence-corrected chi connectivity index (χ3v) is 6.16. The number of piperidine rings is 1. The summed E-state index contributed by atoms with van der Waals surface area (Å²) >= 11 is 0. The maximum Gasteiger partial charge on any atom is 0.229 e. The topological polar surface area (TPSA) is 67.4 Å². The number of hydrogen-bond donors (Lipinski definition) is 2.